The van der Waals surface area contributed by atoms with Crippen LogP contribution in [0.1, 0.15) is 12.5 Å². The Morgan fingerprint density at radius 1 is 1.07 bits per heavy atom. The van der Waals surface area contributed by atoms with E-state index in [1.54, 1.807) is 6.07 Å². The van der Waals surface area contributed by atoms with Gasteiger partial charge in [0.25, 0.3) is 0 Å². The van der Waals surface area contributed by atoms with Crippen LogP contribution in [-0.2, 0) is 6.18 Å². The number of pyridine rings is 1. The Kier molecular flexibility index (Phi) is 4.72. The van der Waals surface area contributed by atoms with Crippen LogP contribution in [0.4, 0.5) is 19.0 Å². The average molecular weight is 373 g/mol. The van der Waals surface area contributed by atoms with E-state index < -0.39 is 11.7 Å². The summed E-state index contributed by atoms with van der Waals surface area (Å²) in [5.74, 6) is -0.103. The van der Waals surface area contributed by atoms with Gasteiger partial charge in [0.05, 0.1) is 22.3 Å². The molecule has 3 aromatic rings. The molecular formula is C17H14F3N7. The molecule has 0 aliphatic rings. The Morgan fingerprint density at radius 3 is 2.52 bits per heavy atom. The topological polar surface area (TPSA) is 115 Å². The van der Waals surface area contributed by atoms with Gasteiger partial charge in [-0.2, -0.15) is 18.2 Å². The average Bonchev–Trinajstić information content (AvgIpc) is 2.60. The van der Waals surface area contributed by atoms with Gasteiger partial charge in [0.2, 0.25) is 5.96 Å². The number of nitrogens with zero attached hydrogens (tertiary/aromatic N) is 5. The lowest BCUT2D eigenvalue weighted by molar-refractivity contribution is -0.137. The monoisotopic (exact) mass is 373 g/mol. The summed E-state index contributed by atoms with van der Waals surface area (Å²) in [6.07, 6.45) is -1.65. The highest BCUT2D eigenvalue weighted by molar-refractivity contribution is 5.97. The van der Waals surface area contributed by atoms with Crippen molar-refractivity contribution < 1.29 is 13.2 Å². The van der Waals surface area contributed by atoms with Crippen LogP contribution in [0.25, 0.3) is 22.3 Å². The lowest BCUT2D eigenvalue weighted by Crippen LogP contribution is -2.15. The van der Waals surface area contributed by atoms with Gasteiger partial charge in [-0.3, -0.25) is 4.98 Å². The van der Waals surface area contributed by atoms with Crippen molar-refractivity contribution in [3.8, 4) is 11.4 Å². The second kappa shape index (κ2) is 6.98. The van der Waals surface area contributed by atoms with Gasteiger partial charge in [0, 0.05) is 18.0 Å². The fourth-order valence-electron chi connectivity index (χ4n) is 2.40. The highest BCUT2D eigenvalue weighted by Gasteiger charge is 2.34. The zero-order valence-corrected chi connectivity index (χ0v) is 14.1. The number of hydrogen-bond donors (Lipinski definition) is 2. The summed E-state index contributed by atoms with van der Waals surface area (Å²) in [4.78, 5) is 20.2. The lowest BCUT2D eigenvalue weighted by Gasteiger charge is -2.12. The number of hydrogen-bond acceptors (Lipinski definition) is 4. The predicted molar refractivity (Wildman–Crippen MR) is 96.3 cm³/mol. The SMILES string of the molecule is C/C(N)=N/C(N)=Nc1nc(-c2ccccc2C(F)(F)F)nc2ccncc12. The summed E-state index contributed by atoms with van der Waals surface area (Å²) in [6.45, 7) is 1.52. The molecule has 1 aromatic carbocycles. The van der Waals surface area contributed by atoms with Crippen LogP contribution >= 0.6 is 0 Å². The van der Waals surface area contributed by atoms with Gasteiger partial charge in [0.1, 0.15) is 0 Å². The fourth-order valence-corrected chi connectivity index (χ4v) is 2.40. The number of guanidine groups is 1. The molecule has 3 rings (SSSR count). The van der Waals surface area contributed by atoms with Crippen molar-refractivity contribution in [1.82, 2.24) is 15.0 Å². The molecule has 0 radical (unpaired) electrons. The fraction of sp³-hybridized carbons (Fsp3) is 0.118. The number of rotatable bonds is 2. The first kappa shape index (κ1) is 18.2. The van der Waals surface area contributed by atoms with Crippen molar-refractivity contribution in [3.63, 3.8) is 0 Å². The van der Waals surface area contributed by atoms with Crippen LogP contribution in [0.3, 0.4) is 0 Å². The summed E-state index contributed by atoms with van der Waals surface area (Å²) >= 11 is 0. The number of halogens is 3. The number of aromatic nitrogens is 3. The molecule has 0 aliphatic heterocycles. The van der Waals surface area contributed by atoms with Crippen LogP contribution in [0, 0.1) is 0 Å². The van der Waals surface area contributed by atoms with E-state index >= 15 is 0 Å². The van der Waals surface area contributed by atoms with Crippen molar-refractivity contribution in [2.75, 3.05) is 0 Å². The Bertz CT molecular complexity index is 1050. The van der Waals surface area contributed by atoms with E-state index in [0.717, 1.165) is 6.07 Å². The smallest absolute Gasteiger partial charge is 0.387 e. The standard InChI is InChI=1S/C17H14F3N7/c1-9(21)24-16(22)27-15-11-8-23-7-6-13(11)25-14(26-15)10-4-2-3-5-12(10)17(18,19)20/h2-8H,1H3,(H4,21,22,24,25,26,27). The molecule has 138 valence electrons. The van der Waals surface area contributed by atoms with Crippen molar-refractivity contribution in [1.29, 1.82) is 0 Å². The highest BCUT2D eigenvalue weighted by Crippen LogP contribution is 2.37. The summed E-state index contributed by atoms with van der Waals surface area (Å²) in [5, 5.41) is 0.415. The molecule has 0 atom stereocenters. The van der Waals surface area contributed by atoms with Gasteiger partial charge < -0.3 is 11.5 Å². The van der Waals surface area contributed by atoms with Crippen molar-refractivity contribution in [2.45, 2.75) is 13.1 Å². The van der Waals surface area contributed by atoms with Gasteiger partial charge in [0.15, 0.2) is 11.6 Å². The maximum Gasteiger partial charge on any atom is 0.417 e. The Labute approximate surface area is 151 Å². The van der Waals surface area contributed by atoms with Gasteiger partial charge in [-0.1, -0.05) is 18.2 Å². The number of amidine groups is 1. The number of nitrogens with two attached hydrogens (primary N) is 2. The molecule has 2 aromatic heterocycles. The van der Waals surface area contributed by atoms with Crippen LogP contribution in [0.5, 0.6) is 0 Å². The first-order chi connectivity index (χ1) is 12.8. The molecule has 0 spiro atoms. The molecule has 0 saturated heterocycles. The van der Waals surface area contributed by atoms with Gasteiger partial charge >= 0.3 is 6.18 Å². The minimum absolute atomic E-state index is 0.0441. The van der Waals surface area contributed by atoms with Crippen LogP contribution < -0.4 is 11.5 Å². The highest BCUT2D eigenvalue weighted by atomic mass is 19.4. The minimum atomic E-state index is -4.56. The Morgan fingerprint density at radius 2 is 1.81 bits per heavy atom. The van der Waals surface area contributed by atoms with Crippen LogP contribution in [0.15, 0.2) is 52.7 Å². The minimum Gasteiger partial charge on any atom is -0.387 e. The van der Waals surface area contributed by atoms with E-state index in [2.05, 4.69) is 24.9 Å². The Hall–Kier alpha value is -3.56. The van der Waals surface area contributed by atoms with Crippen LogP contribution in [0.2, 0.25) is 0 Å². The molecular weight excluding hydrogens is 359 g/mol. The second-order valence-corrected chi connectivity index (χ2v) is 5.53. The van der Waals surface area contributed by atoms with Gasteiger partial charge in [-0.05, 0) is 19.1 Å². The zero-order chi connectivity index (χ0) is 19.6. The molecule has 10 heteroatoms. The number of alkyl halides is 3. The number of benzene rings is 1. The van der Waals surface area contributed by atoms with E-state index in [1.165, 1.54) is 37.5 Å². The summed E-state index contributed by atoms with van der Waals surface area (Å²) in [5.41, 5.74) is 10.5. The molecule has 0 unspecified atom stereocenters. The first-order valence-electron chi connectivity index (χ1n) is 7.69. The first-order valence-corrected chi connectivity index (χ1v) is 7.69. The molecule has 7 nitrogen and oxygen atoms in total. The van der Waals surface area contributed by atoms with E-state index in [4.69, 9.17) is 11.5 Å². The van der Waals surface area contributed by atoms with E-state index in [0.29, 0.717) is 10.9 Å². The normalized spacial score (nSPS) is 13.2. The molecule has 0 saturated carbocycles. The largest absolute Gasteiger partial charge is 0.417 e. The molecule has 2 heterocycles. The van der Waals surface area contributed by atoms with Crippen molar-refractivity contribution in [3.05, 3.63) is 48.3 Å². The zero-order valence-electron chi connectivity index (χ0n) is 14.1. The third-order valence-corrected chi connectivity index (χ3v) is 3.46. The maximum atomic E-state index is 13.4. The van der Waals surface area contributed by atoms with Gasteiger partial charge in [-0.25, -0.2) is 15.0 Å². The number of fused-ring (bicyclic) bond motifs is 1. The lowest BCUT2D eigenvalue weighted by atomic mass is 10.1. The quantitative estimate of drug-likeness (QED) is 0.529. The molecule has 0 amide bonds. The van der Waals surface area contributed by atoms with E-state index in [-0.39, 0.29) is 29.0 Å². The second-order valence-electron chi connectivity index (χ2n) is 5.53. The van der Waals surface area contributed by atoms with Crippen LogP contribution in [-0.4, -0.2) is 26.7 Å². The third kappa shape index (κ3) is 4.00. The maximum absolute atomic E-state index is 13.4. The summed E-state index contributed by atoms with van der Waals surface area (Å²) in [7, 11) is 0. The molecule has 0 bridgehead atoms. The van der Waals surface area contributed by atoms with Crippen molar-refractivity contribution >= 4 is 28.5 Å². The molecule has 0 fully saturated rings. The summed E-state index contributed by atoms with van der Waals surface area (Å²) < 4.78 is 40.1. The van der Waals surface area contributed by atoms with Gasteiger partial charge in [-0.15, -0.1) is 0 Å². The Balaban J connectivity index is 2.27. The van der Waals surface area contributed by atoms with Crippen molar-refractivity contribution in [2.24, 2.45) is 21.5 Å². The molecule has 27 heavy (non-hydrogen) atoms. The predicted octanol–water partition coefficient (Wildman–Crippen LogP) is 3.03. The molecule has 4 N–H and O–H groups in total. The third-order valence-electron chi connectivity index (χ3n) is 3.46. The van der Waals surface area contributed by atoms with E-state index in [1.807, 2.05) is 0 Å². The molecule has 0 aliphatic carbocycles. The number of aliphatic imine (C=N–C) groups is 2. The summed E-state index contributed by atoms with van der Waals surface area (Å²) in [6, 6.07) is 6.58. The van der Waals surface area contributed by atoms with E-state index in [9.17, 15) is 13.2 Å².